The van der Waals surface area contributed by atoms with Crippen molar-refractivity contribution < 1.29 is 4.74 Å². The van der Waals surface area contributed by atoms with Crippen LogP contribution in [-0.4, -0.2) is 26.7 Å². The fourth-order valence-electron chi connectivity index (χ4n) is 2.54. The maximum absolute atomic E-state index is 5.81. The fraction of sp³-hybridized carbons (Fsp3) is 0.600. The highest BCUT2D eigenvalue weighted by Gasteiger charge is 2.15. The minimum atomic E-state index is 0.726. The zero-order valence-electron chi connectivity index (χ0n) is 11.5. The maximum atomic E-state index is 5.81. The Kier molecular flexibility index (Phi) is 4.88. The summed E-state index contributed by atoms with van der Waals surface area (Å²) in [5, 5.41) is 3.18. The Morgan fingerprint density at radius 1 is 1.22 bits per heavy atom. The molecule has 3 nitrogen and oxygen atoms in total. The molecule has 1 heterocycles. The molecule has 1 aromatic carbocycles. The lowest BCUT2D eigenvalue weighted by Gasteiger charge is -2.30. The van der Waals surface area contributed by atoms with Gasteiger partial charge in [0.25, 0.3) is 0 Å². The number of hydrogen-bond donors (Lipinski definition) is 1. The Labute approximate surface area is 110 Å². The van der Waals surface area contributed by atoms with Crippen LogP contribution in [0.5, 0.6) is 5.75 Å². The second-order valence-electron chi connectivity index (χ2n) is 4.81. The Morgan fingerprint density at radius 3 is 2.67 bits per heavy atom. The summed E-state index contributed by atoms with van der Waals surface area (Å²) in [7, 11) is 1.97. The molecule has 1 aromatic rings. The van der Waals surface area contributed by atoms with Crippen molar-refractivity contribution >= 4 is 5.69 Å². The molecule has 100 valence electrons. The smallest absolute Gasteiger partial charge is 0.142 e. The van der Waals surface area contributed by atoms with E-state index in [2.05, 4.69) is 28.4 Å². The van der Waals surface area contributed by atoms with E-state index >= 15 is 0 Å². The molecule has 3 heteroatoms. The molecule has 1 aliphatic heterocycles. The van der Waals surface area contributed by atoms with Gasteiger partial charge < -0.3 is 15.0 Å². The first-order chi connectivity index (χ1) is 8.85. The summed E-state index contributed by atoms with van der Waals surface area (Å²) >= 11 is 0. The molecule has 0 aliphatic carbocycles. The van der Waals surface area contributed by atoms with Crippen LogP contribution in [0.15, 0.2) is 18.2 Å². The topological polar surface area (TPSA) is 24.5 Å². The molecule has 0 unspecified atom stereocenters. The molecule has 1 N–H and O–H groups in total. The fourth-order valence-corrected chi connectivity index (χ4v) is 2.54. The van der Waals surface area contributed by atoms with Crippen LogP contribution in [0.2, 0.25) is 0 Å². The lowest BCUT2D eigenvalue weighted by molar-refractivity contribution is 0.339. The highest BCUT2D eigenvalue weighted by molar-refractivity contribution is 5.60. The molecular formula is C15H24N2O. The number of piperidine rings is 1. The molecule has 1 saturated heterocycles. The lowest BCUT2D eigenvalue weighted by atomic mass is 10.1. The summed E-state index contributed by atoms with van der Waals surface area (Å²) in [6.45, 7) is 5.98. The van der Waals surface area contributed by atoms with Crippen molar-refractivity contribution in [2.75, 3.05) is 31.6 Å². The number of nitrogens with zero attached hydrogens (tertiary/aromatic N) is 1. The van der Waals surface area contributed by atoms with Crippen molar-refractivity contribution in [2.24, 2.45) is 0 Å². The lowest BCUT2D eigenvalue weighted by Crippen LogP contribution is -2.29. The predicted molar refractivity (Wildman–Crippen MR) is 76.4 cm³/mol. The van der Waals surface area contributed by atoms with Crippen LogP contribution in [0.3, 0.4) is 0 Å². The molecule has 0 spiro atoms. The summed E-state index contributed by atoms with van der Waals surface area (Å²) in [4.78, 5) is 2.46. The van der Waals surface area contributed by atoms with E-state index in [-0.39, 0.29) is 0 Å². The minimum absolute atomic E-state index is 0.726. The molecule has 0 bridgehead atoms. The first-order valence-electron chi connectivity index (χ1n) is 7.00. The Balaban J connectivity index is 2.21. The van der Waals surface area contributed by atoms with Gasteiger partial charge in [0.15, 0.2) is 0 Å². The highest BCUT2D eigenvalue weighted by atomic mass is 16.5. The summed E-state index contributed by atoms with van der Waals surface area (Å²) < 4.78 is 5.81. The van der Waals surface area contributed by atoms with Gasteiger partial charge in [-0.25, -0.2) is 0 Å². The summed E-state index contributed by atoms with van der Waals surface area (Å²) in [6, 6.07) is 6.58. The average molecular weight is 248 g/mol. The standard InChI is InChI=1S/C15H24N2O/c1-3-18-15-11-13(12-16-2)7-8-14(15)17-9-5-4-6-10-17/h7-8,11,16H,3-6,9-10,12H2,1-2H3. The van der Waals surface area contributed by atoms with Crippen LogP contribution in [0.4, 0.5) is 5.69 Å². The van der Waals surface area contributed by atoms with Gasteiger partial charge >= 0.3 is 0 Å². The molecule has 1 aliphatic rings. The van der Waals surface area contributed by atoms with Gasteiger partial charge in [-0.3, -0.25) is 0 Å². The molecule has 0 radical (unpaired) electrons. The van der Waals surface area contributed by atoms with E-state index in [9.17, 15) is 0 Å². The first kappa shape index (κ1) is 13.2. The zero-order chi connectivity index (χ0) is 12.8. The van der Waals surface area contributed by atoms with Gasteiger partial charge in [0.05, 0.1) is 12.3 Å². The second-order valence-corrected chi connectivity index (χ2v) is 4.81. The summed E-state index contributed by atoms with van der Waals surface area (Å²) in [5.74, 6) is 1.03. The Morgan fingerprint density at radius 2 is 2.00 bits per heavy atom. The van der Waals surface area contributed by atoms with Gasteiger partial charge in [0, 0.05) is 19.6 Å². The van der Waals surface area contributed by atoms with E-state index in [1.807, 2.05) is 14.0 Å². The minimum Gasteiger partial charge on any atom is -0.492 e. The summed E-state index contributed by atoms with van der Waals surface area (Å²) in [6.07, 6.45) is 3.95. The first-order valence-corrected chi connectivity index (χ1v) is 7.00. The van der Waals surface area contributed by atoms with Crippen LogP contribution in [-0.2, 0) is 6.54 Å². The van der Waals surface area contributed by atoms with Gasteiger partial charge in [0.2, 0.25) is 0 Å². The quantitative estimate of drug-likeness (QED) is 0.867. The highest BCUT2D eigenvalue weighted by Crippen LogP contribution is 2.31. The molecule has 0 atom stereocenters. The number of anilines is 1. The maximum Gasteiger partial charge on any atom is 0.142 e. The molecular weight excluding hydrogens is 224 g/mol. The van der Waals surface area contributed by atoms with Crippen molar-refractivity contribution in [2.45, 2.75) is 32.7 Å². The number of ether oxygens (including phenoxy) is 1. The molecule has 18 heavy (non-hydrogen) atoms. The zero-order valence-corrected chi connectivity index (χ0v) is 11.5. The van der Waals surface area contributed by atoms with Crippen molar-refractivity contribution in [3.05, 3.63) is 23.8 Å². The SMILES string of the molecule is CCOc1cc(CNC)ccc1N1CCCCC1. The summed E-state index contributed by atoms with van der Waals surface area (Å²) in [5.41, 5.74) is 2.54. The van der Waals surface area contributed by atoms with E-state index in [0.29, 0.717) is 0 Å². The molecule has 0 aromatic heterocycles. The third-order valence-electron chi connectivity index (χ3n) is 3.40. The van der Waals surface area contributed by atoms with E-state index in [1.54, 1.807) is 0 Å². The van der Waals surface area contributed by atoms with Crippen molar-refractivity contribution in [1.82, 2.24) is 5.32 Å². The third-order valence-corrected chi connectivity index (χ3v) is 3.40. The number of nitrogens with one attached hydrogen (secondary N) is 1. The van der Waals surface area contributed by atoms with E-state index in [4.69, 9.17) is 4.74 Å². The van der Waals surface area contributed by atoms with Crippen molar-refractivity contribution in [3.63, 3.8) is 0 Å². The molecule has 1 fully saturated rings. The van der Waals surface area contributed by atoms with Crippen LogP contribution in [0, 0.1) is 0 Å². The van der Waals surface area contributed by atoms with Crippen LogP contribution in [0.1, 0.15) is 31.7 Å². The van der Waals surface area contributed by atoms with Gasteiger partial charge in [-0.1, -0.05) is 6.07 Å². The monoisotopic (exact) mass is 248 g/mol. The van der Waals surface area contributed by atoms with Crippen LogP contribution in [0.25, 0.3) is 0 Å². The number of hydrogen-bond acceptors (Lipinski definition) is 3. The Bertz CT molecular complexity index is 373. The van der Waals surface area contributed by atoms with Crippen molar-refractivity contribution in [3.8, 4) is 5.75 Å². The Hall–Kier alpha value is -1.22. The predicted octanol–water partition coefficient (Wildman–Crippen LogP) is 2.80. The van der Waals surface area contributed by atoms with E-state index in [1.165, 1.54) is 30.5 Å². The number of rotatable bonds is 5. The molecule has 0 saturated carbocycles. The van der Waals surface area contributed by atoms with Crippen LogP contribution < -0.4 is 15.0 Å². The molecule has 0 amide bonds. The third kappa shape index (κ3) is 3.16. The van der Waals surface area contributed by atoms with Gasteiger partial charge in [0.1, 0.15) is 5.75 Å². The van der Waals surface area contributed by atoms with Crippen LogP contribution >= 0.6 is 0 Å². The normalized spacial score (nSPS) is 15.8. The molecule has 2 rings (SSSR count). The second kappa shape index (κ2) is 6.64. The van der Waals surface area contributed by atoms with Crippen molar-refractivity contribution in [1.29, 1.82) is 0 Å². The van der Waals surface area contributed by atoms with Gasteiger partial charge in [-0.05, 0) is 50.9 Å². The average Bonchev–Trinajstić information content (AvgIpc) is 2.41. The van der Waals surface area contributed by atoms with Gasteiger partial charge in [-0.15, -0.1) is 0 Å². The largest absolute Gasteiger partial charge is 0.492 e. The van der Waals surface area contributed by atoms with E-state index in [0.717, 1.165) is 32.0 Å². The van der Waals surface area contributed by atoms with E-state index < -0.39 is 0 Å². The number of benzene rings is 1. The van der Waals surface area contributed by atoms with Gasteiger partial charge in [-0.2, -0.15) is 0 Å².